The van der Waals surface area contributed by atoms with Crippen LogP contribution in [0, 0.1) is 11.8 Å². The van der Waals surface area contributed by atoms with Crippen molar-refractivity contribution < 1.29 is 14.6 Å². The highest BCUT2D eigenvalue weighted by atomic mass is 16.5. The Kier molecular flexibility index (Phi) is 4.40. The topological polar surface area (TPSA) is 38.7 Å². The maximum atomic E-state index is 8.98. The van der Waals surface area contributed by atoms with Gasteiger partial charge in [-0.25, -0.2) is 0 Å². The van der Waals surface area contributed by atoms with Crippen LogP contribution in [0.15, 0.2) is 36.4 Å². The number of rotatable bonds is 2. The Hall–Kier alpha value is -2.02. The van der Waals surface area contributed by atoms with Crippen LogP contribution in [0.4, 0.5) is 0 Å². The van der Waals surface area contributed by atoms with Crippen molar-refractivity contribution in [3.63, 3.8) is 0 Å². The van der Waals surface area contributed by atoms with Crippen LogP contribution in [0.5, 0.6) is 5.75 Å². The van der Waals surface area contributed by atoms with Gasteiger partial charge >= 0.3 is 0 Å². The first-order valence-electron chi connectivity index (χ1n) is 7.24. The Labute approximate surface area is 124 Å². The van der Waals surface area contributed by atoms with Crippen molar-refractivity contribution in [3.05, 3.63) is 42.0 Å². The number of ether oxygens (including phenoxy) is 2. The minimum Gasteiger partial charge on any atom is -0.487 e. The largest absolute Gasteiger partial charge is 0.487 e. The van der Waals surface area contributed by atoms with E-state index in [1.54, 1.807) is 0 Å². The highest BCUT2D eigenvalue weighted by Crippen LogP contribution is 2.29. The number of benzene rings is 2. The predicted octanol–water partition coefficient (Wildman–Crippen LogP) is 2.74. The molecule has 1 N–H and O–H groups in total. The Balaban J connectivity index is 1.99. The number of fused-ring (bicyclic) bond motifs is 1. The zero-order valence-corrected chi connectivity index (χ0v) is 11.8. The maximum Gasteiger partial charge on any atom is 0.136 e. The zero-order chi connectivity index (χ0) is 14.5. The van der Waals surface area contributed by atoms with Gasteiger partial charge < -0.3 is 14.6 Å². The molecule has 0 aliphatic carbocycles. The molecule has 2 aromatic rings. The summed E-state index contributed by atoms with van der Waals surface area (Å²) in [5, 5.41) is 11.1. The van der Waals surface area contributed by atoms with E-state index >= 15 is 0 Å². The summed E-state index contributed by atoms with van der Waals surface area (Å²) in [5.41, 5.74) is 0.840. The van der Waals surface area contributed by atoms with Gasteiger partial charge in [0.25, 0.3) is 0 Å². The van der Waals surface area contributed by atoms with Crippen LogP contribution in [0.2, 0.25) is 0 Å². The van der Waals surface area contributed by atoms with Crippen LogP contribution < -0.4 is 4.74 Å². The van der Waals surface area contributed by atoms with E-state index in [4.69, 9.17) is 14.6 Å². The van der Waals surface area contributed by atoms with Gasteiger partial charge in [0, 0.05) is 12.0 Å². The molecule has 1 aliphatic rings. The van der Waals surface area contributed by atoms with Gasteiger partial charge in [0.15, 0.2) is 0 Å². The number of hydrogen-bond acceptors (Lipinski definition) is 3. The molecule has 1 unspecified atom stereocenters. The molecule has 1 saturated heterocycles. The molecule has 1 aliphatic heterocycles. The van der Waals surface area contributed by atoms with E-state index in [0.29, 0.717) is 6.61 Å². The molecule has 0 saturated carbocycles. The monoisotopic (exact) mass is 282 g/mol. The van der Waals surface area contributed by atoms with Crippen molar-refractivity contribution in [2.75, 3.05) is 19.8 Å². The Morgan fingerprint density at radius 3 is 2.95 bits per heavy atom. The lowest BCUT2D eigenvalue weighted by atomic mass is 10.0. The van der Waals surface area contributed by atoms with Crippen molar-refractivity contribution in [1.82, 2.24) is 0 Å². The summed E-state index contributed by atoms with van der Waals surface area (Å²) in [5.74, 6) is 6.53. The third-order valence-corrected chi connectivity index (χ3v) is 3.60. The van der Waals surface area contributed by atoms with E-state index < -0.39 is 0 Å². The van der Waals surface area contributed by atoms with Crippen LogP contribution in [-0.2, 0) is 4.74 Å². The van der Waals surface area contributed by atoms with Crippen molar-refractivity contribution in [3.8, 4) is 17.6 Å². The number of aliphatic hydroxyl groups excluding tert-OH is 1. The van der Waals surface area contributed by atoms with E-state index in [1.807, 2.05) is 36.4 Å². The lowest BCUT2D eigenvalue weighted by Gasteiger charge is -2.24. The van der Waals surface area contributed by atoms with Crippen molar-refractivity contribution in [1.29, 1.82) is 0 Å². The van der Waals surface area contributed by atoms with Gasteiger partial charge in [0.05, 0.1) is 12.2 Å². The van der Waals surface area contributed by atoms with Crippen LogP contribution in [-0.4, -0.2) is 31.0 Å². The summed E-state index contributed by atoms with van der Waals surface area (Å²) < 4.78 is 11.5. The molecule has 0 bridgehead atoms. The quantitative estimate of drug-likeness (QED) is 0.861. The van der Waals surface area contributed by atoms with Gasteiger partial charge in [0.2, 0.25) is 0 Å². The van der Waals surface area contributed by atoms with E-state index in [0.717, 1.165) is 41.5 Å². The molecule has 1 heterocycles. The van der Waals surface area contributed by atoms with E-state index in [-0.39, 0.29) is 12.7 Å². The number of aliphatic hydroxyl groups is 1. The van der Waals surface area contributed by atoms with Crippen molar-refractivity contribution >= 4 is 10.8 Å². The molecular formula is C18H18O3. The van der Waals surface area contributed by atoms with Gasteiger partial charge in [-0.15, -0.1) is 0 Å². The average molecular weight is 282 g/mol. The van der Waals surface area contributed by atoms with Gasteiger partial charge in [-0.2, -0.15) is 0 Å². The molecule has 3 nitrogen and oxygen atoms in total. The summed E-state index contributed by atoms with van der Waals surface area (Å²) >= 11 is 0. The average Bonchev–Trinajstić information content (AvgIpc) is 2.55. The Morgan fingerprint density at radius 1 is 1.24 bits per heavy atom. The molecule has 108 valence electrons. The van der Waals surface area contributed by atoms with Crippen molar-refractivity contribution in [2.24, 2.45) is 0 Å². The molecule has 21 heavy (non-hydrogen) atoms. The van der Waals surface area contributed by atoms with Crippen molar-refractivity contribution in [2.45, 2.75) is 18.9 Å². The summed E-state index contributed by atoms with van der Waals surface area (Å²) in [6.07, 6.45) is 2.10. The second kappa shape index (κ2) is 6.62. The second-order valence-corrected chi connectivity index (χ2v) is 5.08. The number of hydrogen-bond donors (Lipinski definition) is 1. The third kappa shape index (κ3) is 3.18. The maximum absolute atomic E-state index is 8.98. The van der Waals surface area contributed by atoms with Gasteiger partial charge in [-0.1, -0.05) is 42.2 Å². The molecule has 1 fully saturated rings. The molecule has 2 aromatic carbocycles. The molecule has 0 amide bonds. The van der Waals surface area contributed by atoms with E-state index in [2.05, 4.69) is 11.8 Å². The van der Waals surface area contributed by atoms with Crippen LogP contribution in [0.1, 0.15) is 18.4 Å². The highest BCUT2D eigenvalue weighted by molar-refractivity contribution is 5.90. The summed E-state index contributed by atoms with van der Waals surface area (Å²) in [6.45, 7) is 1.28. The standard InChI is InChI=1S/C18H18O3/c19-11-3-8-17-16-7-2-1-5-14(16)9-10-18(17)21-15-6-4-12-20-13-15/h1-2,5,7,9-10,15,19H,4,6,11-13H2. The van der Waals surface area contributed by atoms with Crippen LogP contribution in [0.25, 0.3) is 10.8 Å². The minimum atomic E-state index is -0.158. The lowest BCUT2D eigenvalue weighted by Crippen LogP contribution is -2.28. The molecular weight excluding hydrogens is 264 g/mol. The molecule has 0 radical (unpaired) electrons. The summed E-state index contributed by atoms with van der Waals surface area (Å²) in [6, 6.07) is 12.1. The molecule has 3 rings (SSSR count). The summed E-state index contributed by atoms with van der Waals surface area (Å²) in [7, 11) is 0. The summed E-state index contributed by atoms with van der Waals surface area (Å²) in [4.78, 5) is 0. The first-order chi connectivity index (χ1) is 10.4. The predicted molar refractivity (Wildman–Crippen MR) is 82.4 cm³/mol. The van der Waals surface area contributed by atoms with E-state index in [1.165, 1.54) is 0 Å². The fraction of sp³-hybridized carbons (Fsp3) is 0.333. The SMILES string of the molecule is OCC#Cc1c(OC2CCCOC2)ccc2ccccc12. The smallest absolute Gasteiger partial charge is 0.136 e. The fourth-order valence-corrected chi connectivity index (χ4v) is 2.59. The molecule has 3 heteroatoms. The Bertz CT molecular complexity index is 676. The van der Waals surface area contributed by atoms with Gasteiger partial charge in [-0.3, -0.25) is 0 Å². The second-order valence-electron chi connectivity index (χ2n) is 5.08. The molecule has 0 aromatic heterocycles. The first-order valence-corrected chi connectivity index (χ1v) is 7.24. The molecule has 1 atom stereocenters. The van der Waals surface area contributed by atoms with Gasteiger partial charge in [0.1, 0.15) is 18.5 Å². The Morgan fingerprint density at radius 2 is 2.14 bits per heavy atom. The molecule has 0 spiro atoms. The highest BCUT2D eigenvalue weighted by Gasteiger charge is 2.17. The zero-order valence-electron chi connectivity index (χ0n) is 11.8. The minimum absolute atomic E-state index is 0.0783. The normalized spacial score (nSPS) is 18.0. The first kappa shape index (κ1) is 13.9. The van der Waals surface area contributed by atoms with Crippen LogP contribution in [0.3, 0.4) is 0 Å². The van der Waals surface area contributed by atoms with Crippen LogP contribution >= 0.6 is 0 Å². The fourth-order valence-electron chi connectivity index (χ4n) is 2.59. The lowest BCUT2D eigenvalue weighted by molar-refractivity contribution is 0.00738. The van der Waals surface area contributed by atoms with E-state index in [9.17, 15) is 0 Å². The van der Waals surface area contributed by atoms with Gasteiger partial charge in [-0.05, 0) is 24.3 Å². The third-order valence-electron chi connectivity index (χ3n) is 3.60.